The zero-order valence-electron chi connectivity index (χ0n) is 16.8. The van der Waals surface area contributed by atoms with E-state index >= 15 is 0 Å². The average Bonchev–Trinajstić information content (AvgIpc) is 2.89. The summed E-state index contributed by atoms with van der Waals surface area (Å²) in [5, 5.41) is 2.83. The van der Waals surface area contributed by atoms with Crippen molar-refractivity contribution in [2.75, 3.05) is 11.4 Å². The van der Waals surface area contributed by atoms with Crippen LogP contribution in [0.15, 0.2) is 18.2 Å². The van der Waals surface area contributed by atoms with Gasteiger partial charge in [-0.25, -0.2) is 9.78 Å². The number of alkyl carbamates (subject to hydrolysis) is 1. The number of alkyl halides is 3. The molecule has 2 heterocycles. The highest BCUT2D eigenvalue weighted by Gasteiger charge is 2.50. The molecule has 1 saturated carbocycles. The molecule has 1 saturated heterocycles. The molecule has 160 valence electrons. The number of carbonyl (C=O) groups is 2. The van der Waals surface area contributed by atoms with Gasteiger partial charge in [0.05, 0.1) is 5.41 Å². The van der Waals surface area contributed by atoms with E-state index in [9.17, 15) is 22.8 Å². The molecule has 1 N–H and O–H groups in total. The van der Waals surface area contributed by atoms with Crippen LogP contribution in [-0.4, -0.2) is 35.2 Å². The molecule has 2 aliphatic rings. The predicted octanol–water partition coefficient (Wildman–Crippen LogP) is 4.29. The maximum absolute atomic E-state index is 13.2. The number of aromatic nitrogens is 1. The lowest BCUT2D eigenvalue weighted by Gasteiger charge is -2.37. The fraction of sp³-hybridized carbons (Fsp3) is 0.650. The largest absolute Gasteiger partial charge is 0.444 e. The molecular weight excluding hydrogens is 387 g/mol. The monoisotopic (exact) mass is 413 g/mol. The normalized spacial score (nSPS) is 25.4. The highest BCUT2D eigenvalue weighted by molar-refractivity contribution is 5.99. The van der Waals surface area contributed by atoms with Gasteiger partial charge in [-0.3, -0.25) is 9.69 Å². The number of nitrogens with one attached hydrogen (secondary N) is 1. The molecule has 2 fully saturated rings. The molecule has 0 bridgehead atoms. The average molecular weight is 413 g/mol. The van der Waals surface area contributed by atoms with Crippen molar-refractivity contribution >= 4 is 17.8 Å². The van der Waals surface area contributed by atoms with Crippen LogP contribution in [0, 0.1) is 5.41 Å². The highest BCUT2D eigenvalue weighted by Crippen LogP contribution is 2.46. The third-order valence-corrected chi connectivity index (χ3v) is 5.38. The Bertz CT molecular complexity index is 791. The van der Waals surface area contributed by atoms with Crippen molar-refractivity contribution in [1.29, 1.82) is 0 Å². The Morgan fingerprint density at radius 3 is 2.66 bits per heavy atom. The number of nitrogens with zero attached hydrogens (tertiary/aromatic N) is 2. The van der Waals surface area contributed by atoms with Gasteiger partial charge in [-0.2, -0.15) is 13.2 Å². The molecule has 0 aromatic carbocycles. The fourth-order valence-electron chi connectivity index (χ4n) is 4.15. The van der Waals surface area contributed by atoms with E-state index in [2.05, 4.69) is 10.3 Å². The van der Waals surface area contributed by atoms with E-state index in [0.717, 1.165) is 18.9 Å². The van der Waals surface area contributed by atoms with Crippen molar-refractivity contribution in [3.8, 4) is 0 Å². The second-order valence-electron chi connectivity index (χ2n) is 8.81. The summed E-state index contributed by atoms with van der Waals surface area (Å²) in [6.07, 6.45) is -2.00. The van der Waals surface area contributed by atoms with Gasteiger partial charge in [0.2, 0.25) is 5.91 Å². The minimum absolute atomic E-state index is 0.0175. The Hall–Kier alpha value is -2.32. The lowest BCUT2D eigenvalue weighted by molar-refractivity contribution is -0.141. The minimum atomic E-state index is -4.57. The summed E-state index contributed by atoms with van der Waals surface area (Å²) >= 11 is 0. The molecular formula is C20H26F3N3O3. The zero-order chi connectivity index (χ0) is 21.4. The summed E-state index contributed by atoms with van der Waals surface area (Å²) < 4.78 is 44.2. The lowest BCUT2D eigenvalue weighted by Crippen LogP contribution is -2.47. The van der Waals surface area contributed by atoms with Crippen LogP contribution in [-0.2, 0) is 15.7 Å². The summed E-state index contributed by atoms with van der Waals surface area (Å²) in [7, 11) is 0. The van der Waals surface area contributed by atoms with E-state index in [4.69, 9.17) is 4.74 Å². The smallest absolute Gasteiger partial charge is 0.433 e. The SMILES string of the molecule is CC(C)(C)OC(=O)NC1CCCC2(CCN(c3cccc(C(F)(F)F)n3)C2=O)C1. The van der Waals surface area contributed by atoms with Crippen molar-refractivity contribution in [2.45, 2.75) is 70.7 Å². The number of carbonyl (C=O) groups excluding carboxylic acids is 2. The molecule has 9 heteroatoms. The van der Waals surface area contributed by atoms with Crippen molar-refractivity contribution in [1.82, 2.24) is 10.3 Å². The molecule has 1 aliphatic heterocycles. The Morgan fingerprint density at radius 2 is 2.00 bits per heavy atom. The summed E-state index contributed by atoms with van der Waals surface area (Å²) in [4.78, 5) is 30.2. The second-order valence-corrected chi connectivity index (χ2v) is 8.81. The number of hydrogen-bond donors (Lipinski definition) is 1. The van der Waals surface area contributed by atoms with Crippen LogP contribution in [0.5, 0.6) is 0 Å². The Morgan fingerprint density at radius 1 is 1.28 bits per heavy atom. The Balaban J connectivity index is 1.72. The standard InChI is InChI=1S/C20H26F3N3O3/c1-18(2,3)29-17(28)24-13-6-5-9-19(12-13)10-11-26(16(19)27)15-8-4-7-14(25-15)20(21,22)23/h4,7-8,13H,5-6,9-12H2,1-3H3,(H,24,28). The van der Waals surface area contributed by atoms with E-state index in [1.807, 2.05) is 0 Å². The van der Waals surface area contributed by atoms with Gasteiger partial charge in [0.15, 0.2) is 0 Å². The van der Waals surface area contributed by atoms with Crippen LogP contribution in [0.1, 0.15) is 58.6 Å². The number of hydrogen-bond acceptors (Lipinski definition) is 4. The van der Waals surface area contributed by atoms with Crippen LogP contribution in [0.4, 0.5) is 23.8 Å². The number of pyridine rings is 1. The van der Waals surface area contributed by atoms with Gasteiger partial charge in [-0.1, -0.05) is 12.5 Å². The third kappa shape index (κ3) is 4.82. The molecule has 1 aromatic rings. The van der Waals surface area contributed by atoms with Crippen LogP contribution in [0.2, 0.25) is 0 Å². The Kier molecular flexibility index (Phi) is 5.53. The molecule has 29 heavy (non-hydrogen) atoms. The van der Waals surface area contributed by atoms with Crippen LogP contribution in [0.3, 0.4) is 0 Å². The predicted molar refractivity (Wildman–Crippen MR) is 100 cm³/mol. The van der Waals surface area contributed by atoms with Crippen molar-refractivity contribution < 1.29 is 27.5 Å². The summed E-state index contributed by atoms with van der Waals surface area (Å²) in [6.45, 7) is 5.63. The van der Waals surface area contributed by atoms with Gasteiger partial charge in [-0.05, 0) is 58.6 Å². The van der Waals surface area contributed by atoms with E-state index < -0.39 is 29.0 Å². The Labute approximate surface area is 167 Å². The number of halogens is 3. The van der Waals surface area contributed by atoms with Gasteiger partial charge in [0.25, 0.3) is 0 Å². The van der Waals surface area contributed by atoms with Crippen LogP contribution >= 0.6 is 0 Å². The first-order chi connectivity index (χ1) is 13.4. The molecule has 2 unspecified atom stereocenters. The molecule has 1 spiro atoms. The van der Waals surface area contributed by atoms with Gasteiger partial charge in [0.1, 0.15) is 17.1 Å². The molecule has 3 rings (SSSR count). The molecule has 1 aliphatic carbocycles. The van der Waals surface area contributed by atoms with E-state index in [1.54, 1.807) is 20.8 Å². The molecule has 6 nitrogen and oxygen atoms in total. The molecule has 0 radical (unpaired) electrons. The first kappa shape index (κ1) is 21.4. The topological polar surface area (TPSA) is 71.5 Å². The van der Waals surface area contributed by atoms with E-state index in [1.165, 1.54) is 17.0 Å². The van der Waals surface area contributed by atoms with E-state index in [0.29, 0.717) is 25.8 Å². The number of rotatable bonds is 2. The molecule has 2 atom stereocenters. The summed E-state index contributed by atoms with van der Waals surface area (Å²) in [6, 6.07) is 3.36. The van der Waals surface area contributed by atoms with Crippen molar-refractivity contribution in [3.05, 3.63) is 23.9 Å². The van der Waals surface area contributed by atoms with Crippen LogP contribution in [0.25, 0.3) is 0 Å². The first-order valence-corrected chi connectivity index (χ1v) is 9.75. The highest BCUT2D eigenvalue weighted by atomic mass is 19.4. The first-order valence-electron chi connectivity index (χ1n) is 9.75. The number of amides is 2. The van der Waals surface area contributed by atoms with Crippen LogP contribution < -0.4 is 10.2 Å². The molecule has 2 amide bonds. The number of ether oxygens (including phenoxy) is 1. The lowest BCUT2D eigenvalue weighted by atomic mass is 9.71. The maximum Gasteiger partial charge on any atom is 0.433 e. The van der Waals surface area contributed by atoms with Gasteiger partial charge >= 0.3 is 12.3 Å². The van der Waals surface area contributed by atoms with E-state index in [-0.39, 0.29) is 17.8 Å². The van der Waals surface area contributed by atoms with Gasteiger partial charge in [0, 0.05) is 12.6 Å². The minimum Gasteiger partial charge on any atom is -0.444 e. The second kappa shape index (κ2) is 7.50. The fourth-order valence-corrected chi connectivity index (χ4v) is 4.15. The third-order valence-electron chi connectivity index (χ3n) is 5.38. The molecule has 1 aromatic heterocycles. The van der Waals surface area contributed by atoms with Gasteiger partial charge in [-0.15, -0.1) is 0 Å². The maximum atomic E-state index is 13.2. The summed E-state index contributed by atoms with van der Waals surface area (Å²) in [5.74, 6) is -0.205. The summed E-state index contributed by atoms with van der Waals surface area (Å²) in [5.41, 5.74) is -2.32. The quantitative estimate of drug-likeness (QED) is 0.785. The van der Waals surface area contributed by atoms with Crippen molar-refractivity contribution in [3.63, 3.8) is 0 Å². The van der Waals surface area contributed by atoms with Crippen molar-refractivity contribution in [2.24, 2.45) is 5.41 Å². The number of anilines is 1. The zero-order valence-corrected chi connectivity index (χ0v) is 16.8. The van der Waals surface area contributed by atoms with Gasteiger partial charge < -0.3 is 10.1 Å².